The van der Waals surface area contributed by atoms with Gasteiger partial charge in [-0.25, -0.2) is 0 Å². The molecule has 2 amide bonds. The first kappa shape index (κ1) is 25.5. The molecule has 188 valence electrons. The molecule has 0 bridgehead atoms. The van der Waals surface area contributed by atoms with Gasteiger partial charge in [0.15, 0.2) is 0 Å². The zero-order valence-electron chi connectivity index (χ0n) is 21.0. The minimum Gasteiger partial charge on any atom is -0.382 e. The Kier molecular flexibility index (Phi) is 9.11. The van der Waals surface area contributed by atoms with Gasteiger partial charge < -0.3 is 20.3 Å². The summed E-state index contributed by atoms with van der Waals surface area (Å²) >= 11 is 0. The average molecular weight is 486 g/mol. The summed E-state index contributed by atoms with van der Waals surface area (Å²) < 4.78 is 5.37. The van der Waals surface area contributed by atoms with Crippen LogP contribution in [-0.4, -0.2) is 44.7 Å². The molecule has 1 aliphatic rings. The van der Waals surface area contributed by atoms with Crippen molar-refractivity contribution in [3.8, 4) is 11.1 Å². The molecule has 2 N–H and O–H groups in total. The predicted molar refractivity (Wildman–Crippen MR) is 146 cm³/mol. The largest absolute Gasteiger partial charge is 0.382 e. The van der Waals surface area contributed by atoms with Gasteiger partial charge in [-0.15, -0.1) is 0 Å². The van der Waals surface area contributed by atoms with Crippen molar-refractivity contribution < 1.29 is 14.3 Å². The molecule has 1 fully saturated rings. The summed E-state index contributed by atoms with van der Waals surface area (Å²) in [6.45, 7) is 5.66. The summed E-state index contributed by atoms with van der Waals surface area (Å²) in [5.74, 6) is -0.334. The standard InChI is InChI=1S/C30H35N3O3/c1-2-36-21-9-18-31-30(35)27-22-26(16-17-28(27)33-19-7-4-8-20-33)32-29(34)25-14-12-24(13-15-25)23-10-5-3-6-11-23/h3,5-6,10-17,22H,2,4,7-9,18-21H2,1H3,(H,31,35)(H,32,34). The van der Waals surface area contributed by atoms with Gasteiger partial charge in [0, 0.05) is 49.8 Å². The van der Waals surface area contributed by atoms with Gasteiger partial charge >= 0.3 is 0 Å². The molecule has 6 nitrogen and oxygen atoms in total. The van der Waals surface area contributed by atoms with Crippen LogP contribution in [0.4, 0.5) is 11.4 Å². The van der Waals surface area contributed by atoms with Crippen molar-refractivity contribution in [2.45, 2.75) is 32.6 Å². The number of rotatable bonds is 10. The number of carbonyl (C=O) groups is 2. The van der Waals surface area contributed by atoms with Crippen molar-refractivity contribution in [3.05, 3.63) is 83.9 Å². The van der Waals surface area contributed by atoms with E-state index in [-0.39, 0.29) is 11.8 Å². The van der Waals surface area contributed by atoms with E-state index in [4.69, 9.17) is 4.74 Å². The first-order chi connectivity index (χ1) is 17.7. The summed E-state index contributed by atoms with van der Waals surface area (Å²) in [5.41, 5.74) is 4.84. The Balaban J connectivity index is 1.48. The van der Waals surface area contributed by atoms with Crippen LogP contribution in [0.3, 0.4) is 0 Å². The molecule has 0 radical (unpaired) electrons. The Morgan fingerprint density at radius 3 is 2.31 bits per heavy atom. The third-order valence-corrected chi connectivity index (χ3v) is 6.41. The Labute approximate surface area is 213 Å². The summed E-state index contributed by atoms with van der Waals surface area (Å²) in [4.78, 5) is 28.4. The normalized spacial score (nSPS) is 13.3. The van der Waals surface area contributed by atoms with Crippen LogP contribution >= 0.6 is 0 Å². The van der Waals surface area contributed by atoms with Crippen molar-refractivity contribution >= 4 is 23.2 Å². The SMILES string of the molecule is CCOCCCNC(=O)c1cc(NC(=O)c2ccc(-c3ccccc3)cc2)ccc1N1CCCCC1. The monoisotopic (exact) mass is 485 g/mol. The second kappa shape index (κ2) is 12.9. The third kappa shape index (κ3) is 6.73. The fourth-order valence-corrected chi connectivity index (χ4v) is 4.47. The first-order valence-corrected chi connectivity index (χ1v) is 12.9. The number of piperidine rings is 1. The lowest BCUT2D eigenvalue weighted by molar-refractivity contribution is 0.0943. The molecule has 3 aromatic rings. The lowest BCUT2D eigenvalue weighted by Gasteiger charge is -2.30. The second-order valence-corrected chi connectivity index (χ2v) is 8.98. The maximum atomic E-state index is 13.1. The molecule has 1 saturated heterocycles. The highest BCUT2D eigenvalue weighted by Crippen LogP contribution is 2.28. The summed E-state index contributed by atoms with van der Waals surface area (Å²) in [6, 6.07) is 23.2. The van der Waals surface area contributed by atoms with Crippen molar-refractivity contribution in [1.82, 2.24) is 5.32 Å². The number of anilines is 2. The van der Waals surface area contributed by atoms with E-state index >= 15 is 0 Å². The van der Waals surface area contributed by atoms with Crippen molar-refractivity contribution in [3.63, 3.8) is 0 Å². The van der Waals surface area contributed by atoms with Gasteiger partial charge in [0.05, 0.1) is 5.56 Å². The number of ether oxygens (including phenoxy) is 1. The number of benzene rings is 3. The number of carbonyl (C=O) groups excluding carboxylic acids is 2. The maximum absolute atomic E-state index is 13.1. The van der Waals surface area contributed by atoms with Crippen LogP contribution < -0.4 is 15.5 Å². The molecular weight excluding hydrogens is 450 g/mol. The van der Waals surface area contributed by atoms with Gasteiger partial charge in [-0.2, -0.15) is 0 Å². The Hall–Kier alpha value is -3.64. The molecule has 1 heterocycles. The van der Waals surface area contributed by atoms with E-state index in [2.05, 4.69) is 15.5 Å². The number of nitrogens with zero attached hydrogens (tertiary/aromatic N) is 1. The lowest BCUT2D eigenvalue weighted by atomic mass is 10.0. The maximum Gasteiger partial charge on any atom is 0.255 e. The van der Waals surface area contributed by atoms with Gasteiger partial charge in [0.2, 0.25) is 0 Å². The van der Waals surface area contributed by atoms with Crippen LogP contribution in [-0.2, 0) is 4.74 Å². The van der Waals surface area contributed by atoms with Crippen LogP contribution in [0.15, 0.2) is 72.8 Å². The van der Waals surface area contributed by atoms with Crippen LogP contribution in [0.2, 0.25) is 0 Å². The molecule has 3 aromatic carbocycles. The molecule has 1 aliphatic heterocycles. The smallest absolute Gasteiger partial charge is 0.255 e. The van der Waals surface area contributed by atoms with Crippen molar-refractivity contribution in [2.75, 3.05) is 43.1 Å². The van der Waals surface area contributed by atoms with E-state index in [0.717, 1.165) is 49.2 Å². The van der Waals surface area contributed by atoms with E-state index in [1.165, 1.54) is 6.42 Å². The zero-order chi connectivity index (χ0) is 25.2. The fourth-order valence-electron chi connectivity index (χ4n) is 4.47. The van der Waals surface area contributed by atoms with Crippen LogP contribution in [0.25, 0.3) is 11.1 Å². The van der Waals surface area contributed by atoms with E-state index in [0.29, 0.717) is 36.6 Å². The van der Waals surface area contributed by atoms with Crippen LogP contribution in [0.5, 0.6) is 0 Å². The lowest BCUT2D eigenvalue weighted by Crippen LogP contribution is -2.33. The predicted octanol–water partition coefficient (Wildman–Crippen LogP) is 5.75. The molecule has 0 atom stereocenters. The number of nitrogens with one attached hydrogen (secondary N) is 2. The second-order valence-electron chi connectivity index (χ2n) is 8.98. The summed E-state index contributed by atoms with van der Waals surface area (Å²) in [6.07, 6.45) is 4.21. The van der Waals surface area contributed by atoms with Gasteiger partial charge in [-0.3, -0.25) is 9.59 Å². The molecule has 6 heteroatoms. The molecule has 0 aromatic heterocycles. The van der Waals surface area contributed by atoms with E-state index < -0.39 is 0 Å². The molecule has 0 unspecified atom stereocenters. The van der Waals surface area contributed by atoms with Gasteiger partial charge in [0.1, 0.15) is 0 Å². The molecule has 0 saturated carbocycles. The topological polar surface area (TPSA) is 70.7 Å². The third-order valence-electron chi connectivity index (χ3n) is 6.41. The minimum atomic E-state index is -0.205. The van der Waals surface area contributed by atoms with E-state index in [1.807, 2.05) is 73.7 Å². The minimum absolute atomic E-state index is 0.129. The Morgan fingerprint density at radius 2 is 1.58 bits per heavy atom. The van der Waals surface area contributed by atoms with E-state index in [9.17, 15) is 9.59 Å². The molecule has 0 spiro atoms. The number of amides is 2. The summed E-state index contributed by atoms with van der Waals surface area (Å²) in [7, 11) is 0. The highest BCUT2D eigenvalue weighted by atomic mass is 16.5. The highest BCUT2D eigenvalue weighted by Gasteiger charge is 2.20. The fraction of sp³-hybridized carbons (Fsp3) is 0.333. The van der Waals surface area contributed by atoms with Crippen LogP contribution in [0, 0.1) is 0 Å². The van der Waals surface area contributed by atoms with Gasteiger partial charge in [0.25, 0.3) is 11.8 Å². The highest BCUT2D eigenvalue weighted by molar-refractivity contribution is 6.06. The van der Waals surface area contributed by atoms with Crippen molar-refractivity contribution in [2.24, 2.45) is 0 Å². The molecular formula is C30H35N3O3. The van der Waals surface area contributed by atoms with Gasteiger partial charge in [-0.05, 0) is 74.1 Å². The zero-order valence-corrected chi connectivity index (χ0v) is 21.0. The quantitative estimate of drug-likeness (QED) is 0.359. The van der Waals surface area contributed by atoms with Gasteiger partial charge in [-0.1, -0.05) is 42.5 Å². The number of hydrogen-bond donors (Lipinski definition) is 2. The first-order valence-electron chi connectivity index (χ1n) is 12.9. The number of hydrogen-bond acceptors (Lipinski definition) is 4. The Bertz CT molecular complexity index is 1140. The van der Waals surface area contributed by atoms with E-state index in [1.54, 1.807) is 6.07 Å². The molecule has 0 aliphatic carbocycles. The molecule has 36 heavy (non-hydrogen) atoms. The Morgan fingerprint density at radius 1 is 0.861 bits per heavy atom. The average Bonchev–Trinajstić information content (AvgIpc) is 2.94. The van der Waals surface area contributed by atoms with Crippen LogP contribution in [0.1, 0.15) is 53.3 Å². The summed E-state index contributed by atoms with van der Waals surface area (Å²) in [5, 5.41) is 5.98. The molecule has 4 rings (SSSR count). The van der Waals surface area contributed by atoms with Crippen molar-refractivity contribution in [1.29, 1.82) is 0 Å².